The lowest BCUT2D eigenvalue weighted by Gasteiger charge is -2.23. The molecule has 0 radical (unpaired) electrons. The third-order valence-corrected chi connectivity index (χ3v) is 5.15. The lowest BCUT2D eigenvalue weighted by Crippen LogP contribution is -2.30. The van der Waals surface area contributed by atoms with E-state index in [0.717, 1.165) is 0 Å². The molecule has 0 atom stereocenters. The number of fused-ring (bicyclic) bond motifs is 1. The molecule has 0 saturated carbocycles. The van der Waals surface area contributed by atoms with Crippen LogP contribution in [0.5, 0.6) is 0 Å². The molecule has 0 aliphatic rings. The highest BCUT2D eigenvalue weighted by atomic mass is 35.5. The van der Waals surface area contributed by atoms with Gasteiger partial charge in [0.1, 0.15) is 6.34 Å². The SMILES string of the molecule is CC=Cc1ccc2nc(Cl)c(S(=O)(=O)/N=C/N(CC(C)C)CC(C)C)n2n1. The molecule has 2 rings (SSSR count). The summed E-state index contributed by atoms with van der Waals surface area (Å²) in [6.07, 6.45) is 4.95. The number of allylic oxidation sites excluding steroid dienone is 1. The zero-order valence-electron chi connectivity index (χ0n) is 16.3. The molecule has 0 aliphatic heterocycles. The highest BCUT2D eigenvalue weighted by molar-refractivity contribution is 7.90. The normalized spacial score (nSPS) is 13.0. The van der Waals surface area contributed by atoms with Gasteiger partial charge in [0.15, 0.2) is 10.8 Å². The van der Waals surface area contributed by atoms with Crippen LogP contribution in [0.1, 0.15) is 40.3 Å². The molecule has 0 aromatic carbocycles. The van der Waals surface area contributed by atoms with Crippen LogP contribution in [0.25, 0.3) is 11.7 Å². The van der Waals surface area contributed by atoms with Crippen LogP contribution in [-0.2, 0) is 10.0 Å². The number of imidazole rings is 1. The molecule has 27 heavy (non-hydrogen) atoms. The van der Waals surface area contributed by atoms with Crippen LogP contribution in [-0.4, -0.2) is 47.3 Å². The van der Waals surface area contributed by atoms with Crippen LogP contribution in [0, 0.1) is 11.8 Å². The first-order valence-corrected chi connectivity index (χ1v) is 10.7. The molecule has 0 unspecified atom stereocenters. The fraction of sp³-hybridized carbons (Fsp3) is 0.500. The number of aromatic nitrogens is 3. The molecule has 2 aromatic rings. The number of sulfonamides is 1. The predicted molar refractivity (Wildman–Crippen MR) is 110 cm³/mol. The molecule has 0 amide bonds. The Hall–Kier alpha value is -1.93. The average Bonchev–Trinajstić information content (AvgIpc) is 2.88. The maximum Gasteiger partial charge on any atom is 0.304 e. The summed E-state index contributed by atoms with van der Waals surface area (Å²) in [7, 11) is -4.06. The molecule has 0 fully saturated rings. The summed E-state index contributed by atoms with van der Waals surface area (Å²) in [4.78, 5) is 5.99. The van der Waals surface area contributed by atoms with E-state index in [0.29, 0.717) is 36.3 Å². The van der Waals surface area contributed by atoms with Crippen LogP contribution in [0.4, 0.5) is 0 Å². The lowest BCUT2D eigenvalue weighted by atomic mass is 10.1. The Labute approximate surface area is 165 Å². The summed E-state index contributed by atoms with van der Waals surface area (Å²) in [5.74, 6) is 0.754. The van der Waals surface area contributed by atoms with E-state index in [2.05, 4.69) is 42.2 Å². The molecule has 2 aromatic heterocycles. The standard InChI is InChI=1S/C18H26ClN5O2S/c1-6-7-15-8-9-16-21-17(19)18(24(16)22-15)27(25,26)20-12-23(10-13(2)3)11-14(4)5/h6-9,12-14H,10-11H2,1-5H3/b7-6?,20-12+. The molecule has 148 valence electrons. The van der Waals surface area contributed by atoms with Gasteiger partial charge in [0.05, 0.1) is 5.69 Å². The summed E-state index contributed by atoms with van der Waals surface area (Å²) in [6, 6.07) is 3.41. The van der Waals surface area contributed by atoms with Gasteiger partial charge >= 0.3 is 10.0 Å². The van der Waals surface area contributed by atoms with E-state index in [-0.39, 0.29) is 10.2 Å². The first-order valence-electron chi connectivity index (χ1n) is 8.86. The number of hydrogen-bond donors (Lipinski definition) is 0. The minimum Gasteiger partial charge on any atom is -0.361 e. The van der Waals surface area contributed by atoms with Gasteiger partial charge in [0.25, 0.3) is 0 Å². The Bertz CT molecular complexity index is 938. The van der Waals surface area contributed by atoms with Gasteiger partial charge in [-0.3, -0.25) is 0 Å². The van der Waals surface area contributed by atoms with Crippen molar-refractivity contribution in [2.75, 3.05) is 13.1 Å². The zero-order chi connectivity index (χ0) is 20.2. The quantitative estimate of drug-likeness (QED) is 0.488. The van der Waals surface area contributed by atoms with Gasteiger partial charge in [0.2, 0.25) is 5.03 Å². The number of rotatable bonds is 8. The fourth-order valence-electron chi connectivity index (χ4n) is 2.66. The summed E-state index contributed by atoms with van der Waals surface area (Å²) in [5.41, 5.74) is 0.948. The van der Waals surface area contributed by atoms with E-state index >= 15 is 0 Å². The highest BCUT2D eigenvalue weighted by Crippen LogP contribution is 2.24. The molecule has 9 heteroatoms. The monoisotopic (exact) mass is 411 g/mol. The van der Waals surface area contributed by atoms with Gasteiger partial charge in [0, 0.05) is 13.1 Å². The van der Waals surface area contributed by atoms with E-state index in [1.165, 1.54) is 10.9 Å². The second-order valence-corrected chi connectivity index (χ2v) is 9.08. The fourth-order valence-corrected chi connectivity index (χ4v) is 4.09. The molecule has 2 heterocycles. The van der Waals surface area contributed by atoms with Crippen molar-refractivity contribution in [1.29, 1.82) is 0 Å². The van der Waals surface area contributed by atoms with Crippen molar-refractivity contribution in [3.8, 4) is 0 Å². The Morgan fingerprint density at radius 2 is 1.85 bits per heavy atom. The van der Waals surface area contributed by atoms with Gasteiger partial charge in [-0.05, 0) is 37.0 Å². The van der Waals surface area contributed by atoms with Crippen molar-refractivity contribution in [1.82, 2.24) is 19.5 Å². The minimum atomic E-state index is -4.06. The molecular formula is C18H26ClN5O2S. The van der Waals surface area contributed by atoms with Crippen LogP contribution in [0.15, 0.2) is 27.6 Å². The highest BCUT2D eigenvalue weighted by Gasteiger charge is 2.25. The van der Waals surface area contributed by atoms with E-state index < -0.39 is 10.0 Å². The third kappa shape index (κ3) is 5.52. The second kappa shape index (κ2) is 8.84. The van der Waals surface area contributed by atoms with E-state index in [1.807, 2.05) is 17.9 Å². The van der Waals surface area contributed by atoms with E-state index in [9.17, 15) is 8.42 Å². The van der Waals surface area contributed by atoms with E-state index in [1.54, 1.807) is 18.2 Å². The van der Waals surface area contributed by atoms with Gasteiger partial charge in [-0.15, -0.1) is 4.40 Å². The van der Waals surface area contributed by atoms with Crippen LogP contribution in [0.2, 0.25) is 5.15 Å². The van der Waals surface area contributed by atoms with Gasteiger partial charge < -0.3 is 4.90 Å². The third-order valence-electron chi connectivity index (χ3n) is 3.55. The maximum absolute atomic E-state index is 12.8. The molecule has 0 saturated heterocycles. The number of nitrogens with zero attached hydrogens (tertiary/aromatic N) is 5. The maximum atomic E-state index is 12.8. The minimum absolute atomic E-state index is 0.142. The smallest absolute Gasteiger partial charge is 0.304 e. The lowest BCUT2D eigenvalue weighted by molar-refractivity contribution is 0.336. The van der Waals surface area contributed by atoms with Gasteiger partial charge in [-0.2, -0.15) is 18.0 Å². The Morgan fingerprint density at radius 3 is 2.41 bits per heavy atom. The van der Waals surface area contributed by atoms with Crippen molar-refractivity contribution < 1.29 is 8.42 Å². The molecule has 0 aliphatic carbocycles. The van der Waals surface area contributed by atoms with Crippen LogP contribution in [0.3, 0.4) is 0 Å². The summed E-state index contributed by atoms with van der Waals surface area (Å²) >= 11 is 6.11. The largest absolute Gasteiger partial charge is 0.361 e. The van der Waals surface area contributed by atoms with Crippen molar-refractivity contribution in [3.63, 3.8) is 0 Å². The summed E-state index contributed by atoms with van der Waals surface area (Å²) in [6.45, 7) is 11.6. The number of halogens is 1. The number of hydrogen-bond acceptors (Lipinski definition) is 4. The molecule has 0 N–H and O–H groups in total. The second-order valence-electron chi connectivity index (χ2n) is 7.17. The summed E-state index contributed by atoms with van der Waals surface area (Å²) < 4.78 is 30.8. The topological polar surface area (TPSA) is 79.9 Å². The van der Waals surface area contributed by atoms with Crippen molar-refractivity contribution >= 4 is 39.7 Å². The molecule has 0 spiro atoms. The van der Waals surface area contributed by atoms with Crippen LogP contribution < -0.4 is 0 Å². The van der Waals surface area contributed by atoms with Crippen molar-refractivity contribution in [2.24, 2.45) is 16.2 Å². The first kappa shape index (κ1) is 21.4. The zero-order valence-corrected chi connectivity index (χ0v) is 17.9. The average molecular weight is 412 g/mol. The Morgan fingerprint density at radius 1 is 1.22 bits per heavy atom. The van der Waals surface area contributed by atoms with Crippen molar-refractivity contribution in [2.45, 2.75) is 39.6 Å². The van der Waals surface area contributed by atoms with Crippen molar-refractivity contribution in [3.05, 3.63) is 29.1 Å². The molecule has 7 nitrogen and oxygen atoms in total. The Balaban J connectivity index is 2.45. The van der Waals surface area contributed by atoms with Gasteiger partial charge in [-0.25, -0.2) is 4.98 Å². The Kier molecular flexibility index (Phi) is 7.00. The molecule has 0 bridgehead atoms. The first-order chi connectivity index (χ1) is 12.6. The van der Waals surface area contributed by atoms with E-state index in [4.69, 9.17) is 11.6 Å². The van der Waals surface area contributed by atoms with Crippen LogP contribution >= 0.6 is 11.6 Å². The summed E-state index contributed by atoms with van der Waals surface area (Å²) in [5, 5.41) is 3.92. The molecular weight excluding hydrogens is 386 g/mol. The van der Waals surface area contributed by atoms with Gasteiger partial charge in [-0.1, -0.05) is 45.4 Å². The predicted octanol–water partition coefficient (Wildman–Crippen LogP) is 3.75.